The third-order valence-electron chi connectivity index (χ3n) is 3.52. The molecule has 1 rings (SSSR count). The second-order valence-electron chi connectivity index (χ2n) is 5.09. The Morgan fingerprint density at radius 3 is 2.82 bits per heavy atom. The third kappa shape index (κ3) is 4.64. The van der Waals surface area contributed by atoms with Crippen molar-refractivity contribution in [1.82, 2.24) is 10.2 Å². The van der Waals surface area contributed by atoms with E-state index in [-0.39, 0.29) is 12.0 Å². The summed E-state index contributed by atoms with van der Waals surface area (Å²) in [7, 11) is 2.16. The zero-order valence-corrected chi connectivity index (χ0v) is 11.5. The van der Waals surface area contributed by atoms with Crippen LogP contribution in [0.5, 0.6) is 0 Å². The molecule has 3 atom stereocenters. The van der Waals surface area contributed by atoms with Crippen LogP contribution in [-0.4, -0.2) is 49.7 Å². The Bertz CT molecular complexity index is 246. The van der Waals surface area contributed by atoms with Gasteiger partial charge in [-0.2, -0.15) is 0 Å². The van der Waals surface area contributed by atoms with Crippen LogP contribution in [0.15, 0.2) is 0 Å². The van der Waals surface area contributed by atoms with E-state index in [0.717, 1.165) is 6.54 Å². The van der Waals surface area contributed by atoms with E-state index in [0.29, 0.717) is 18.6 Å². The van der Waals surface area contributed by atoms with Crippen molar-refractivity contribution >= 4 is 5.97 Å². The van der Waals surface area contributed by atoms with Gasteiger partial charge in [0.05, 0.1) is 6.61 Å². The highest BCUT2D eigenvalue weighted by Crippen LogP contribution is 2.18. The molecule has 0 aromatic rings. The van der Waals surface area contributed by atoms with Crippen molar-refractivity contribution in [2.24, 2.45) is 5.92 Å². The standard InChI is InChI=1S/C13H26N2O2/c1-5-17-13(16)11(3)14-10(2)12-7-6-8-15(4)9-12/h10-12,14H,5-9H2,1-4H3. The summed E-state index contributed by atoms with van der Waals surface area (Å²) in [6.45, 7) is 8.64. The van der Waals surface area contributed by atoms with Crippen molar-refractivity contribution in [3.8, 4) is 0 Å². The highest BCUT2D eigenvalue weighted by molar-refractivity contribution is 5.75. The highest BCUT2D eigenvalue weighted by Gasteiger charge is 2.25. The Labute approximate surface area is 105 Å². The Balaban J connectivity index is 2.36. The largest absolute Gasteiger partial charge is 0.465 e. The van der Waals surface area contributed by atoms with Crippen LogP contribution in [0.2, 0.25) is 0 Å². The zero-order chi connectivity index (χ0) is 12.8. The normalized spacial score (nSPS) is 25.3. The van der Waals surface area contributed by atoms with Gasteiger partial charge in [0.2, 0.25) is 0 Å². The summed E-state index contributed by atoms with van der Waals surface area (Å²) >= 11 is 0. The molecule has 1 aliphatic rings. The molecule has 4 heteroatoms. The number of nitrogens with zero attached hydrogens (tertiary/aromatic N) is 1. The molecule has 1 aliphatic heterocycles. The Kier molecular flexibility index (Phi) is 5.92. The highest BCUT2D eigenvalue weighted by atomic mass is 16.5. The average Bonchev–Trinajstić information content (AvgIpc) is 2.29. The topological polar surface area (TPSA) is 41.6 Å². The van der Waals surface area contributed by atoms with Gasteiger partial charge in [-0.05, 0) is 53.1 Å². The van der Waals surface area contributed by atoms with E-state index >= 15 is 0 Å². The van der Waals surface area contributed by atoms with E-state index in [9.17, 15) is 4.79 Å². The van der Waals surface area contributed by atoms with Crippen molar-refractivity contribution in [3.05, 3.63) is 0 Å². The van der Waals surface area contributed by atoms with Gasteiger partial charge in [0.15, 0.2) is 0 Å². The number of carbonyl (C=O) groups is 1. The predicted octanol–water partition coefficient (Wildman–Crippen LogP) is 1.26. The van der Waals surface area contributed by atoms with Crippen LogP contribution >= 0.6 is 0 Å². The first kappa shape index (κ1) is 14.5. The lowest BCUT2D eigenvalue weighted by Crippen LogP contribution is -2.48. The lowest BCUT2D eigenvalue weighted by molar-refractivity contribution is -0.145. The van der Waals surface area contributed by atoms with Crippen LogP contribution in [-0.2, 0) is 9.53 Å². The van der Waals surface area contributed by atoms with Gasteiger partial charge in [-0.1, -0.05) is 0 Å². The summed E-state index contributed by atoms with van der Waals surface area (Å²) in [5.41, 5.74) is 0. The van der Waals surface area contributed by atoms with Gasteiger partial charge in [-0.25, -0.2) is 0 Å². The molecule has 1 saturated heterocycles. The molecule has 1 heterocycles. The second-order valence-corrected chi connectivity index (χ2v) is 5.09. The van der Waals surface area contributed by atoms with Crippen molar-refractivity contribution in [2.45, 2.75) is 45.7 Å². The monoisotopic (exact) mass is 242 g/mol. The zero-order valence-electron chi connectivity index (χ0n) is 11.5. The number of likely N-dealkylation sites (tertiary alicyclic amines) is 1. The maximum atomic E-state index is 11.5. The number of ether oxygens (including phenoxy) is 1. The van der Waals surface area contributed by atoms with Crippen LogP contribution in [0.4, 0.5) is 0 Å². The van der Waals surface area contributed by atoms with Gasteiger partial charge >= 0.3 is 5.97 Å². The number of esters is 1. The fourth-order valence-electron chi connectivity index (χ4n) is 2.48. The molecule has 100 valence electrons. The predicted molar refractivity (Wildman–Crippen MR) is 68.9 cm³/mol. The number of hydrogen-bond acceptors (Lipinski definition) is 4. The van der Waals surface area contributed by atoms with Crippen LogP contribution in [0.3, 0.4) is 0 Å². The van der Waals surface area contributed by atoms with Crippen LogP contribution in [0.25, 0.3) is 0 Å². The van der Waals surface area contributed by atoms with Crippen LogP contribution < -0.4 is 5.32 Å². The number of piperidine rings is 1. The summed E-state index contributed by atoms with van der Waals surface area (Å²) < 4.78 is 5.00. The van der Waals surface area contributed by atoms with E-state index < -0.39 is 0 Å². The molecule has 1 fully saturated rings. The molecule has 17 heavy (non-hydrogen) atoms. The lowest BCUT2D eigenvalue weighted by atomic mass is 9.91. The SMILES string of the molecule is CCOC(=O)C(C)NC(C)C1CCCN(C)C1. The summed E-state index contributed by atoms with van der Waals surface area (Å²) in [5, 5.41) is 3.35. The number of hydrogen-bond donors (Lipinski definition) is 1. The number of rotatable bonds is 5. The molecular weight excluding hydrogens is 216 g/mol. The third-order valence-corrected chi connectivity index (χ3v) is 3.52. The van der Waals surface area contributed by atoms with Crippen molar-refractivity contribution < 1.29 is 9.53 Å². The molecule has 0 aromatic heterocycles. The van der Waals surface area contributed by atoms with E-state index in [2.05, 4.69) is 24.2 Å². The molecule has 4 nitrogen and oxygen atoms in total. The minimum absolute atomic E-state index is 0.150. The number of carbonyl (C=O) groups excluding carboxylic acids is 1. The van der Waals surface area contributed by atoms with Crippen LogP contribution in [0, 0.1) is 5.92 Å². The molecular formula is C13H26N2O2. The van der Waals surface area contributed by atoms with E-state index in [4.69, 9.17) is 4.74 Å². The van der Waals surface area contributed by atoms with Crippen molar-refractivity contribution in [3.63, 3.8) is 0 Å². The van der Waals surface area contributed by atoms with Gasteiger partial charge in [-0.15, -0.1) is 0 Å². The summed E-state index contributed by atoms with van der Waals surface area (Å²) in [4.78, 5) is 13.9. The molecule has 1 N–H and O–H groups in total. The van der Waals surface area contributed by atoms with Crippen molar-refractivity contribution in [1.29, 1.82) is 0 Å². The molecule has 0 aliphatic carbocycles. The summed E-state index contributed by atoms with van der Waals surface area (Å²) in [6, 6.07) is 0.148. The van der Waals surface area contributed by atoms with E-state index in [1.165, 1.54) is 19.4 Å². The lowest BCUT2D eigenvalue weighted by Gasteiger charge is -2.34. The Morgan fingerprint density at radius 2 is 2.24 bits per heavy atom. The van der Waals surface area contributed by atoms with Gasteiger partial charge in [-0.3, -0.25) is 4.79 Å². The minimum atomic E-state index is -0.211. The molecule has 0 spiro atoms. The fourth-order valence-corrected chi connectivity index (χ4v) is 2.48. The van der Waals surface area contributed by atoms with Gasteiger partial charge < -0.3 is 15.0 Å². The average molecular weight is 242 g/mol. The second kappa shape index (κ2) is 6.97. The Hall–Kier alpha value is -0.610. The summed E-state index contributed by atoms with van der Waals surface area (Å²) in [6.07, 6.45) is 2.50. The maximum Gasteiger partial charge on any atom is 0.322 e. The molecule has 0 amide bonds. The van der Waals surface area contributed by atoms with E-state index in [1.54, 1.807) is 0 Å². The van der Waals surface area contributed by atoms with Crippen LogP contribution in [0.1, 0.15) is 33.6 Å². The van der Waals surface area contributed by atoms with Gasteiger partial charge in [0.25, 0.3) is 0 Å². The van der Waals surface area contributed by atoms with Gasteiger partial charge in [0, 0.05) is 12.6 Å². The van der Waals surface area contributed by atoms with Crippen molar-refractivity contribution in [2.75, 3.05) is 26.7 Å². The first-order valence-corrected chi connectivity index (χ1v) is 6.65. The molecule has 3 unspecified atom stereocenters. The Morgan fingerprint density at radius 1 is 1.53 bits per heavy atom. The first-order chi connectivity index (χ1) is 8.04. The number of nitrogens with one attached hydrogen (secondary N) is 1. The first-order valence-electron chi connectivity index (χ1n) is 6.65. The quantitative estimate of drug-likeness (QED) is 0.737. The minimum Gasteiger partial charge on any atom is -0.465 e. The molecule has 0 aromatic carbocycles. The summed E-state index contributed by atoms with van der Waals surface area (Å²) in [5.74, 6) is 0.481. The molecule has 0 saturated carbocycles. The van der Waals surface area contributed by atoms with E-state index in [1.807, 2.05) is 13.8 Å². The maximum absolute atomic E-state index is 11.5. The molecule has 0 radical (unpaired) electrons. The molecule has 0 bridgehead atoms. The van der Waals surface area contributed by atoms with Gasteiger partial charge in [0.1, 0.15) is 6.04 Å². The fraction of sp³-hybridized carbons (Fsp3) is 0.923. The smallest absolute Gasteiger partial charge is 0.322 e.